The second-order valence-electron chi connectivity index (χ2n) is 6.65. The fraction of sp³-hybridized carbons (Fsp3) is 0. The van der Waals surface area contributed by atoms with Crippen molar-refractivity contribution in [3.63, 3.8) is 0 Å². The molecule has 4 aromatic rings. The maximum absolute atomic E-state index is 13.5. The predicted molar refractivity (Wildman–Crippen MR) is 121 cm³/mol. The molecule has 0 aliphatic carbocycles. The van der Waals surface area contributed by atoms with E-state index in [9.17, 15) is 8.42 Å². The van der Waals surface area contributed by atoms with Gasteiger partial charge in [0.1, 0.15) is 0 Å². The van der Waals surface area contributed by atoms with Crippen LogP contribution < -0.4 is 0 Å². The molecule has 4 rings (SSSR count). The van der Waals surface area contributed by atoms with Gasteiger partial charge in [-0.05, 0) is 71.0 Å². The van der Waals surface area contributed by atoms with Crippen molar-refractivity contribution in [2.45, 2.75) is 19.6 Å². The minimum Gasteiger partial charge on any atom is -0.203 e. The maximum Gasteiger partial charge on any atom is 0.307 e. The molecule has 0 saturated carbocycles. The summed E-state index contributed by atoms with van der Waals surface area (Å²) in [5.74, 6) is 0. The molecular weight excluding hydrogens is 426 g/mol. The van der Waals surface area contributed by atoms with Gasteiger partial charge in [-0.2, -0.15) is 13.7 Å². The average Bonchev–Trinajstić information content (AvgIpc) is 2.84. The molecule has 0 amide bonds. The van der Waals surface area contributed by atoms with Crippen LogP contribution in [-0.2, 0) is 13.7 Å². The molecular formula is C25H19NO3S2. The van der Waals surface area contributed by atoms with Crippen LogP contribution in [0.2, 0.25) is 0 Å². The number of nitriles is 1. The molecule has 154 valence electrons. The Hall–Kier alpha value is -3.37. The predicted octanol–water partition coefficient (Wildman–Crippen LogP) is 6.16. The zero-order valence-corrected chi connectivity index (χ0v) is 18.1. The number of hydrogen-bond acceptors (Lipinski definition) is 4. The molecule has 0 aliphatic heterocycles. The quantitative estimate of drug-likeness (QED) is 0.356. The van der Waals surface area contributed by atoms with Gasteiger partial charge >= 0.3 is 10.1 Å². The summed E-state index contributed by atoms with van der Waals surface area (Å²) in [6, 6.07) is 36.0. The molecule has 0 radical (unpaired) electrons. The van der Waals surface area contributed by atoms with Crippen molar-refractivity contribution in [2.75, 3.05) is 0 Å². The van der Waals surface area contributed by atoms with E-state index < -0.39 is 20.4 Å². The average molecular weight is 446 g/mol. The molecule has 31 heavy (non-hydrogen) atoms. The van der Waals surface area contributed by atoms with E-state index in [1.165, 1.54) is 24.3 Å². The van der Waals surface area contributed by atoms with Crippen molar-refractivity contribution in [2.24, 2.45) is 0 Å². The van der Waals surface area contributed by atoms with Crippen molar-refractivity contribution < 1.29 is 12.0 Å². The fourth-order valence-corrected chi connectivity index (χ4v) is 8.47. The summed E-state index contributed by atoms with van der Waals surface area (Å²) < 4.78 is 33.2. The Bertz CT molecular complexity index is 1200. The van der Waals surface area contributed by atoms with Crippen molar-refractivity contribution in [3.8, 4) is 6.07 Å². The van der Waals surface area contributed by atoms with Gasteiger partial charge < -0.3 is 0 Å². The Labute approximate surface area is 184 Å². The zero-order chi connectivity index (χ0) is 21.7. The SMILES string of the molecule is N#Cc1ccc(S(=O)(=O)OS(c2ccccc2)(c2ccccc2)c2ccccc2)cc1. The van der Waals surface area contributed by atoms with Crippen molar-refractivity contribution in [3.05, 3.63) is 121 Å². The number of benzene rings is 4. The first kappa shape index (κ1) is 20.9. The van der Waals surface area contributed by atoms with Crippen molar-refractivity contribution in [1.82, 2.24) is 0 Å². The summed E-state index contributed by atoms with van der Waals surface area (Å²) in [5, 5.41) is 9.04. The van der Waals surface area contributed by atoms with Crippen LogP contribution in [0.1, 0.15) is 5.56 Å². The zero-order valence-electron chi connectivity index (χ0n) is 16.5. The van der Waals surface area contributed by atoms with Gasteiger partial charge in [0.15, 0.2) is 0 Å². The third-order valence-corrected chi connectivity index (χ3v) is 9.88. The van der Waals surface area contributed by atoms with Crippen LogP contribution in [0.5, 0.6) is 0 Å². The highest BCUT2D eigenvalue weighted by molar-refractivity contribution is 8.33. The molecule has 0 saturated heterocycles. The summed E-state index contributed by atoms with van der Waals surface area (Å²) >= 11 is 0. The Morgan fingerprint density at radius 2 is 0.935 bits per heavy atom. The van der Waals surface area contributed by atoms with E-state index in [4.69, 9.17) is 8.89 Å². The molecule has 4 aromatic carbocycles. The maximum atomic E-state index is 13.5. The van der Waals surface area contributed by atoms with Crippen LogP contribution in [0, 0.1) is 11.3 Å². The topological polar surface area (TPSA) is 67.2 Å². The molecule has 6 heteroatoms. The van der Waals surface area contributed by atoms with Crippen molar-refractivity contribution >= 4 is 20.4 Å². The van der Waals surface area contributed by atoms with Crippen LogP contribution in [0.25, 0.3) is 0 Å². The van der Waals surface area contributed by atoms with Gasteiger partial charge in [0.2, 0.25) is 0 Å². The van der Waals surface area contributed by atoms with E-state index >= 15 is 0 Å². The van der Waals surface area contributed by atoms with Gasteiger partial charge in [0.25, 0.3) is 0 Å². The summed E-state index contributed by atoms with van der Waals surface area (Å²) in [6.45, 7) is 0. The normalized spacial score (nSPS) is 12.1. The summed E-state index contributed by atoms with van der Waals surface area (Å²) in [5.41, 5.74) is 0.381. The highest BCUT2D eigenvalue weighted by Crippen LogP contribution is 2.70. The van der Waals surface area contributed by atoms with E-state index in [2.05, 4.69) is 0 Å². The van der Waals surface area contributed by atoms with E-state index in [-0.39, 0.29) is 4.90 Å². The molecule has 0 spiro atoms. The molecule has 0 unspecified atom stereocenters. The first-order valence-corrected chi connectivity index (χ1v) is 12.5. The smallest absolute Gasteiger partial charge is 0.203 e. The van der Waals surface area contributed by atoms with Gasteiger partial charge in [-0.25, -0.2) is 3.63 Å². The highest BCUT2D eigenvalue weighted by atomic mass is 32.3. The highest BCUT2D eigenvalue weighted by Gasteiger charge is 2.38. The molecule has 0 heterocycles. The summed E-state index contributed by atoms with van der Waals surface area (Å²) in [6.07, 6.45) is 0. The first-order valence-electron chi connectivity index (χ1n) is 9.51. The van der Waals surface area contributed by atoms with Crippen molar-refractivity contribution in [1.29, 1.82) is 5.26 Å². The third-order valence-electron chi connectivity index (χ3n) is 4.69. The van der Waals surface area contributed by atoms with Gasteiger partial charge in [-0.3, -0.25) is 0 Å². The lowest BCUT2D eigenvalue weighted by molar-refractivity contribution is 0.508. The lowest BCUT2D eigenvalue weighted by Gasteiger charge is -2.39. The van der Waals surface area contributed by atoms with Gasteiger partial charge in [-0.1, -0.05) is 54.6 Å². The standard InChI is InChI=1S/C25H19NO3S2/c26-20-21-16-18-25(19-17-21)31(27,28)29-30(22-10-4-1-5-11-22,23-12-6-2-7-13-23)24-14-8-3-9-15-24/h1-19H. The summed E-state index contributed by atoms with van der Waals surface area (Å²) in [7, 11) is -6.77. The second-order valence-corrected chi connectivity index (χ2v) is 11.1. The molecule has 0 aromatic heterocycles. The Kier molecular flexibility index (Phi) is 5.92. The van der Waals surface area contributed by atoms with Gasteiger partial charge in [0, 0.05) is 14.7 Å². The van der Waals surface area contributed by atoms with Crippen LogP contribution in [0.4, 0.5) is 0 Å². The second kappa shape index (κ2) is 8.78. The molecule has 0 N–H and O–H groups in total. The lowest BCUT2D eigenvalue weighted by atomic mass is 10.2. The van der Waals surface area contributed by atoms with E-state index in [1.54, 1.807) is 0 Å². The summed E-state index contributed by atoms with van der Waals surface area (Å²) in [4.78, 5) is 2.31. The van der Waals surface area contributed by atoms with Gasteiger partial charge in [-0.15, -0.1) is 0 Å². The van der Waals surface area contributed by atoms with E-state index in [0.29, 0.717) is 5.56 Å². The molecule has 0 aliphatic rings. The molecule has 4 nitrogen and oxygen atoms in total. The Balaban J connectivity index is 1.97. The fourth-order valence-electron chi connectivity index (χ4n) is 3.23. The number of hydrogen-bond donors (Lipinski definition) is 0. The minimum atomic E-state index is -4.16. The first-order chi connectivity index (χ1) is 15.1. The Morgan fingerprint density at radius 1 is 0.548 bits per heavy atom. The van der Waals surface area contributed by atoms with Crippen LogP contribution in [0.3, 0.4) is 0 Å². The van der Waals surface area contributed by atoms with Crippen LogP contribution in [0.15, 0.2) is 135 Å². The minimum absolute atomic E-state index is 0.00571. The number of rotatable bonds is 6. The largest absolute Gasteiger partial charge is 0.307 e. The molecule has 0 fully saturated rings. The lowest BCUT2D eigenvalue weighted by Crippen LogP contribution is -2.14. The van der Waals surface area contributed by atoms with Crippen LogP contribution in [-0.4, -0.2) is 8.42 Å². The third kappa shape index (κ3) is 4.12. The van der Waals surface area contributed by atoms with E-state index in [1.807, 2.05) is 97.1 Å². The number of nitrogens with zero attached hydrogens (tertiary/aromatic N) is 1. The molecule has 0 bridgehead atoms. The monoisotopic (exact) mass is 445 g/mol. The molecule has 0 atom stereocenters. The Morgan fingerprint density at radius 3 is 1.29 bits per heavy atom. The van der Waals surface area contributed by atoms with Crippen LogP contribution >= 0.6 is 10.3 Å². The van der Waals surface area contributed by atoms with Gasteiger partial charge in [0.05, 0.1) is 16.5 Å². The van der Waals surface area contributed by atoms with E-state index in [0.717, 1.165) is 14.7 Å².